The van der Waals surface area contributed by atoms with E-state index in [9.17, 15) is 17.6 Å². The van der Waals surface area contributed by atoms with Crippen LogP contribution >= 0.6 is 0 Å². The zero-order valence-corrected chi connectivity index (χ0v) is 12.5. The van der Waals surface area contributed by atoms with Gasteiger partial charge in [0.1, 0.15) is 5.82 Å². The molecule has 116 valence electrons. The Bertz CT molecular complexity index is 634. The molecule has 2 N–H and O–H groups in total. The van der Waals surface area contributed by atoms with Crippen molar-refractivity contribution in [3.8, 4) is 0 Å². The number of amides is 1. The van der Waals surface area contributed by atoms with Crippen molar-refractivity contribution in [1.82, 2.24) is 5.32 Å². The van der Waals surface area contributed by atoms with Gasteiger partial charge in [-0.15, -0.1) is 0 Å². The number of nitrogens with one attached hydrogen (secondary N) is 2. The van der Waals surface area contributed by atoms with Gasteiger partial charge in [-0.25, -0.2) is 12.8 Å². The van der Waals surface area contributed by atoms with Crippen LogP contribution in [0.1, 0.15) is 12.8 Å². The van der Waals surface area contributed by atoms with E-state index in [0.717, 1.165) is 10.4 Å². The van der Waals surface area contributed by atoms with E-state index in [4.69, 9.17) is 0 Å². The van der Waals surface area contributed by atoms with E-state index in [-0.39, 0.29) is 30.3 Å². The largest absolute Gasteiger partial charge is 0.326 e. The molecule has 1 amide bonds. The Balaban J connectivity index is 2.20. The van der Waals surface area contributed by atoms with E-state index < -0.39 is 15.8 Å². The number of sulfonamides is 1. The summed E-state index contributed by atoms with van der Waals surface area (Å²) < 4.78 is 38.6. The molecular weight excluding hydrogens is 297 g/mol. The Morgan fingerprint density at radius 2 is 2.19 bits per heavy atom. The highest BCUT2D eigenvalue weighted by Gasteiger charge is 2.30. The molecule has 1 saturated heterocycles. The van der Waals surface area contributed by atoms with Crippen molar-refractivity contribution < 1.29 is 17.6 Å². The Labute approximate surface area is 123 Å². The smallest absolute Gasteiger partial charge is 0.235 e. The van der Waals surface area contributed by atoms with Crippen LogP contribution in [0, 0.1) is 5.82 Å². The van der Waals surface area contributed by atoms with Crippen molar-refractivity contribution in [2.75, 3.05) is 35.5 Å². The lowest BCUT2D eigenvalue weighted by atomic mass is 10.2. The average molecular weight is 315 g/mol. The van der Waals surface area contributed by atoms with Gasteiger partial charge in [0.2, 0.25) is 15.9 Å². The van der Waals surface area contributed by atoms with E-state index in [0.29, 0.717) is 18.7 Å². The third-order valence-corrected chi connectivity index (χ3v) is 5.06. The maximum atomic E-state index is 13.9. The molecule has 1 aliphatic heterocycles. The van der Waals surface area contributed by atoms with Crippen molar-refractivity contribution in [3.63, 3.8) is 0 Å². The molecule has 0 aromatic heterocycles. The lowest BCUT2D eigenvalue weighted by Gasteiger charge is -2.18. The lowest BCUT2D eigenvalue weighted by Crippen LogP contribution is -2.26. The molecular formula is C13H18FN3O3S. The number of hydrogen-bond acceptors (Lipinski definition) is 4. The quantitative estimate of drug-likeness (QED) is 0.847. The maximum Gasteiger partial charge on any atom is 0.235 e. The van der Waals surface area contributed by atoms with Gasteiger partial charge in [-0.1, -0.05) is 0 Å². The van der Waals surface area contributed by atoms with Gasteiger partial charge in [0.25, 0.3) is 0 Å². The fraction of sp³-hybridized carbons (Fsp3) is 0.462. The first-order valence-electron chi connectivity index (χ1n) is 6.68. The molecule has 0 aliphatic carbocycles. The van der Waals surface area contributed by atoms with Crippen LogP contribution in [0.25, 0.3) is 0 Å². The number of halogens is 1. The standard InChI is InChI=1S/C13H18FN3O3S/c1-15-6-5-13(18)16-10-3-4-11(14)12(9-10)17-7-2-8-21(17,19)20/h3-4,9,15H,2,5-8H2,1H3,(H,16,18). The predicted octanol–water partition coefficient (Wildman–Crippen LogP) is 0.914. The van der Waals surface area contributed by atoms with Gasteiger partial charge in [-0.2, -0.15) is 0 Å². The van der Waals surface area contributed by atoms with E-state index in [2.05, 4.69) is 10.6 Å². The molecule has 1 heterocycles. The first-order chi connectivity index (χ1) is 9.94. The van der Waals surface area contributed by atoms with Gasteiger partial charge in [-0.3, -0.25) is 9.10 Å². The highest BCUT2D eigenvalue weighted by atomic mass is 32.2. The molecule has 0 atom stereocenters. The van der Waals surface area contributed by atoms with Gasteiger partial charge in [-0.05, 0) is 31.7 Å². The number of nitrogens with zero attached hydrogens (tertiary/aromatic N) is 1. The van der Waals surface area contributed by atoms with Crippen LogP contribution in [-0.4, -0.2) is 40.2 Å². The molecule has 1 fully saturated rings. The van der Waals surface area contributed by atoms with Crippen molar-refractivity contribution in [1.29, 1.82) is 0 Å². The fourth-order valence-corrected chi connectivity index (χ4v) is 3.71. The number of rotatable bonds is 5. The number of benzene rings is 1. The second-order valence-corrected chi connectivity index (χ2v) is 6.82. The maximum absolute atomic E-state index is 13.9. The summed E-state index contributed by atoms with van der Waals surface area (Å²) in [6.45, 7) is 0.788. The van der Waals surface area contributed by atoms with Crippen molar-refractivity contribution >= 4 is 27.3 Å². The third-order valence-electron chi connectivity index (χ3n) is 3.20. The summed E-state index contributed by atoms with van der Waals surface area (Å²) in [6, 6.07) is 3.94. The van der Waals surface area contributed by atoms with E-state index in [1.165, 1.54) is 12.1 Å². The molecule has 1 aliphatic rings. The molecule has 1 aromatic rings. The van der Waals surface area contributed by atoms with E-state index >= 15 is 0 Å². The van der Waals surface area contributed by atoms with Crippen LogP contribution in [-0.2, 0) is 14.8 Å². The van der Waals surface area contributed by atoms with E-state index in [1.54, 1.807) is 7.05 Å². The second-order valence-electron chi connectivity index (χ2n) is 4.81. The Morgan fingerprint density at radius 3 is 2.81 bits per heavy atom. The fourth-order valence-electron chi connectivity index (χ4n) is 2.15. The highest BCUT2D eigenvalue weighted by molar-refractivity contribution is 7.93. The van der Waals surface area contributed by atoms with Gasteiger partial charge >= 0.3 is 0 Å². The second kappa shape index (κ2) is 6.40. The molecule has 6 nitrogen and oxygen atoms in total. The molecule has 0 saturated carbocycles. The number of hydrogen-bond donors (Lipinski definition) is 2. The minimum Gasteiger partial charge on any atom is -0.326 e. The molecule has 21 heavy (non-hydrogen) atoms. The van der Waals surface area contributed by atoms with Crippen LogP contribution in [0.2, 0.25) is 0 Å². The minimum atomic E-state index is -3.45. The van der Waals surface area contributed by atoms with E-state index in [1.807, 2.05) is 0 Å². The predicted molar refractivity (Wildman–Crippen MR) is 79.3 cm³/mol. The first kappa shape index (κ1) is 15.7. The summed E-state index contributed by atoms with van der Waals surface area (Å²) in [4.78, 5) is 11.6. The molecule has 0 bridgehead atoms. The molecule has 1 aromatic carbocycles. The van der Waals surface area contributed by atoms with Crippen LogP contribution in [0.5, 0.6) is 0 Å². The average Bonchev–Trinajstić information content (AvgIpc) is 2.78. The van der Waals surface area contributed by atoms with Gasteiger partial charge in [0.15, 0.2) is 0 Å². The number of carbonyl (C=O) groups excluding carboxylic acids is 1. The highest BCUT2D eigenvalue weighted by Crippen LogP contribution is 2.29. The lowest BCUT2D eigenvalue weighted by molar-refractivity contribution is -0.116. The van der Waals surface area contributed by atoms with Crippen LogP contribution in [0.15, 0.2) is 18.2 Å². The molecule has 0 radical (unpaired) electrons. The van der Waals surface area contributed by atoms with Crippen molar-refractivity contribution in [2.24, 2.45) is 0 Å². The Kier molecular flexibility index (Phi) is 4.79. The van der Waals surface area contributed by atoms with Crippen molar-refractivity contribution in [3.05, 3.63) is 24.0 Å². The number of anilines is 2. The Hall–Kier alpha value is -1.67. The topological polar surface area (TPSA) is 78.5 Å². The van der Waals surface area contributed by atoms with Crippen LogP contribution < -0.4 is 14.9 Å². The SMILES string of the molecule is CNCCC(=O)Nc1ccc(F)c(N2CCCS2(=O)=O)c1. The molecule has 0 unspecified atom stereocenters. The normalized spacial score (nSPS) is 17.0. The van der Waals surface area contributed by atoms with Gasteiger partial charge in [0.05, 0.1) is 11.4 Å². The van der Waals surface area contributed by atoms with Gasteiger partial charge < -0.3 is 10.6 Å². The summed E-state index contributed by atoms with van der Waals surface area (Å²) in [5, 5.41) is 5.48. The minimum absolute atomic E-state index is 0.0149. The molecule has 8 heteroatoms. The summed E-state index contributed by atoms with van der Waals surface area (Å²) in [5.41, 5.74) is 0.369. The van der Waals surface area contributed by atoms with Crippen LogP contribution in [0.4, 0.5) is 15.8 Å². The first-order valence-corrected chi connectivity index (χ1v) is 8.29. The summed E-state index contributed by atoms with van der Waals surface area (Å²) in [7, 11) is -1.71. The monoisotopic (exact) mass is 315 g/mol. The van der Waals surface area contributed by atoms with Crippen LogP contribution in [0.3, 0.4) is 0 Å². The van der Waals surface area contributed by atoms with Crippen molar-refractivity contribution in [2.45, 2.75) is 12.8 Å². The zero-order chi connectivity index (χ0) is 15.5. The number of carbonyl (C=O) groups is 1. The summed E-state index contributed by atoms with van der Waals surface area (Å²) in [5.74, 6) is -0.814. The summed E-state index contributed by atoms with van der Waals surface area (Å²) in [6.07, 6.45) is 0.756. The molecule has 2 rings (SSSR count). The Morgan fingerprint density at radius 1 is 1.43 bits per heavy atom. The zero-order valence-electron chi connectivity index (χ0n) is 11.7. The van der Waals surface area contributed by atoms with Gasteiger partial charge in [0, 0.05) is 25.2 Å². The third kappa shape index (κ3) is 3.70. The molecule has 0 spiro atoms. The summed E-state index contributed by atoms with van der Waals surface area (Å²) >= 11 is 0.